The van der Waals surface area contributed by atoms with Crippen molar-refractivity contribution in [3.05, 3.63) is 23.8 Å². The van der Waals surface area contributed by atoms with E-state index in [2.05, 4.69) is 37.4 Å². The van der Waals surface area contributed by atoms with E-state index in [1.807, 2.05) is 0 Å². The lowest BCUT2D eigenvalue weighted by molar-refractivity contribution is 0.171. The van der Waals surface area contributed by atoms with Crippen LogP contribution in [0.15, 0.2) is 18.2 Å². The highest BCUT2D eigenvalue weighted by molar-refractivity contribution is 5.45. The van der Waals surface area contributed by atoms with Gasteiger partial charge in [-0.05, 0) is 61.4 Å². The van der Waals surface area contributed by atoms with Crippen LogP contribution >= 0.6 is 0 Å². The van der Waals surface area contributed by atoms with E-state index in [0.717, 1.165) is 36.4 Å². The minimum absolute atomic E-state index is 0.648. The molecule has 0 radical (unpaired) electrons. The molecule has 2 atom stereocenters. The summed E-state index contributed by atoms with van der Waals surface area (Å²) in [5.41, 5.74) is 1.42. The fraction of sp³-hybridized carbons (Fsp3) is 0.647. The molecule has 0 aromatic heterocycles. The van der Waals surface area contributed by atoms with E-state index in [1.165, 1.54) is 18.4 Å². The molecule has 0 bridgehead atoms. The van der Waals surface area contributed by atoms with Gasteiger partial charge < -0.3 is 14.8 Å². The Hall–Kier alpha value is -1.22. The minimum atomic E-state index is 0.648. The molecule has 20 heavy (non-hydrogen) atoms. The van der Waals surface area contributed by atoms with Gasteiger partial charge in [0, 0.05) is 0 Å². The monoisotopic (exact) mass is 275 g/mol. The van der Waals surface area contributed by atoms with Crippen LogP contribution in [0.4, 0.5) is 0 Å². The average Bonchev–Trinajstić information content (AvgIpc) is 2.47. The highest BCUT2D eigenvalue weighted by atomic mass is 16.6. The first kappa shape index (κ1) is 13.7. The summed E-state index contributed by atoms with van der Waals surface area (Å²) >= 11 is 0. The third-order valence-corrected chi connectivity index (χ3v) is 4.38. The fourth-order valence-corrected chi connectivity index (χ4v) is 3.51. The lowest BCUT2D eigenvalue weighted by Crippen LogP contribution is -2.36. The Balaban J connectivity index is 1.82. The maximum absolute atomic E-state index is 5.73. The zero-order chi connectivity index (χ0) is 13.9. The molecule has 0 saturated carbocycles. The first-order chi connectivity index (χ1) is 9.74. The second-order valence-corrected chi connectivity index (χ2v) is 6.39. The Morgan fingerprint density at radius 2 is 2.00 bits per heavy atom. The van der Waals surface area contributed by atoms with Crippen molar-refractivity contribution in [2.45, 2.75) is 32.6 Å². The highest BCUT2D eigenvalue weighted by Gasteiger charge is 2.28. The Morgan fingerprint density at radius 3 is 2.80 bits per heavy atom. The first-order valence-corrected chi connectivity index (χ1v) is 7.84. The van der Waals surface area contributed by atoms with Gasteiger partial charge in [0.15, 0.2) is 11.5 Å². The standard InChI is InChI=1S/C17H25NO2/c1-12(2)9-14-11-18-6-5-15(14)13-3-4-16-17(10-13)20-8-7-19-16/h3-4,10,12,14-15,18H,5-9,11H2,1-2H3. The van der Waals surface area contributed by atoms with E-state index >= 15 is 0 Å². The van der Waals surface area contributed by atoms with E-state index in [9.17, 15) is 0 Å². The van der Waals surface area contributed by atoms with Gasteiger partial charge in [-0.2, -0.15) is 0 Å². The summed E-state index contributed by atoms with van der Waals surface area (Å²) in [5.74, 6) is 3.95. The molecule has 3 rings (SSSR count). The average molecular weight is 275 g/mol. The van der Waals surface area contributed by atoms with Crippen molar-refractivity contribution in [2.24, 2.45) is 11.8 Å². The number of hydrogen-bond acceptors (Lipinski definition) is 3. The largest absolute Gasteiger partial charge is 0.486 e. The van der Waals surface area contributed by atoms with Crippen LogP contribution in [0.1, 0.15) is 38.2 Å². The SMILES string of the molecule is CC(C)CC1CNCCC1c1ccc2c(c1)OCCO2. The molecular weight excluding hydrogens is 250 g/mol. The van der Waals surface area contributed by atoms with Crippen LogP contribution in [-0.4, -0.2) is 26.3 Å². The zero-order valence-corrected chi connectivity index (χ0v) is 12.5. The Labute approximate surface area is 121 Å². The fourth-order valence-electron chi connectivity index (χ4n) is 3.51. The topological polar surface area (TPSA) is 30.5 Å². The van der Waals surface area contributed by atoms with Gasteiger partial charge in [-0.1, -0.05) is 19.9 Å². The molecule has 1 N–H and O–H groups in total. The van der Waals surface area contributed by atoms with Crippen molar-refractivity contribution in [2.75, 3.05) is 26.3 Å². The summed E-state index contributed by atoms with van der Waals surface area (Å²) < 4.78 is 11.4. The predicted molar refractivity (Wildman–Crippen MR) is 80.6 cm³/mol. The van der Waals surface area contributed by atoms with Gasteiger partial charge in [0.05, 0.1) is 0 Å². The first-order valence-electron chi connectivity index (χ1n) is 7.84. The van der Waals surface area contributed by atoms with Gasteiger partial charge in [-0.3, -0.25) is 0 Å². The molecule has 0 aliphatic carbocycles. The molecule has 3 heteroatoms. The second kappa shape index (κ2) is 6.04. The van der Waals surface area contributed by atoms with Gasteiger partial charge in [0.25, 0.3) is 0 Å². The number of benzene rings is 1. The predicted octanol–water partition coefficient (Wildman–Crippen LogP) is 3.20. The van der Waals surface area contributed by atoms with Crippen LogP contribution in [0, 0.1) is 11.8 Å². The maximum atomic E-state index is 5.73. The van der Waals surface area contributed by atoms with Gasteiger partial charge in [0.2, 0.25) is 0 Å². The Morgan fingerprint density at radius 1 is 1.20 bits per heavy atom. The van der Waals surface area contributed by atoms with E-state index in [-0.39, 0.29) is 0 Å². The number of fused-ring (bicyclic) bond motifs is 1. The highest BCUT2D eigenvalue weighted by Crippen LogP contribution is 2.39. The number of hydrogen-bond donors (Lipinski definition) is 1. The van der Waals surface area contributed by atoms with E-state index in [1.54, 1.807) is 0 Å². The van der Waals surface area contributed by atoms with Crippen LogP contribution in [0.5, 0.6) is 11.5 Å². The van der Waals surface area contributed by atoms with Crippen LogP contribution in [0.2, 0.25) is 0 Å². The molecule has 0 spiro atoms. The minimum Gasteiger partial charge on any atom is -0.486 e. The third kappa shape index (κ3) is 2.93. The summed E-state index contributed by atoms with van der Waals surface area (Å²) in [6.07, 6.45) is 2.50. The van der Waals surface area contributed by atoms with Crippen molar-refractivity contribution in [3.63, 3.8) is 0 Å². The second-order valence-electron chi connectivity index (χ2n) is 6.39. The molecule has 2 aliphatic heterocycles. The van der Waals surface area contributed by atoms with E-state index in [0.29, 0.717) is 19.1 Å². The van der Waals surface area contributed by atoms with Gasteiger partial charge in [0.1, 0.15) is 13.2 Å². The molecule has 1 fully saturated rings. The van der Waals surface area contributed by atoms with Crippen LogP contribution in [-0.2, 0) is 0 Å². The summed E-state index contributed by atoms with van der Waals surface area (Å²) in [5, 5.41) is 3.55. The number of ether oxygens (including phenoxy) is 2. The summed E-state index contributed by atoms with van der Waals surface area (Å²) in [6.45, 7) is 8.21. The lowest BCUT2D eigenvalue weighted by Gasteiger charge is -2.34. The molecule has 3 nitrogen and oxygen atoms in total. The van der Waals surface area contributed by atoms with Gasteiger partial charge in [-0.25, -0.2) is 0 Å². The molecule has 1 aromatic rings. The molecule has 1 aromatic carbocycles. The van der Waals surface area contributed by atoms with Crippen molar-refractivity contribution in [3.8, 4) is 11.5 Å². The van der Waals surface area contributed by atoms with Gasteiger partial charge >= 0.3 is 0 Å². The van der Waals surface area contributed by atoms with Crippen molar-refractivity contribution < 1.29 is 9.47 Å². The molecule has 1 saturated heterocycles. The van der Waals surface area contributed by atoms with Crippen molar-refractivity contribution in [1.29, 1.82) is 0 Å². The van der Waals surface area contributed by atoms with Crippen LogP contribution < -0.4 is 14.8 Å². The summed E-state index contributed by atoms with van der Waals surface area (Å²) in [4.78, 5) is 0. The van der Waals surface area contributed by atoms with E-state index < -0.39 is 0 Å². The number of rotatable bonds is 3. The zero-order valence-electron chi connectivity index (χ0n) is 12.5. The smallest absolute Gasteiger partial charge is 0.161 e. The molecule has 0 amide bonds. The molecule has 110 valence electrons. The Bertz CT molecular complexity index is 458. The molecule has 2 heterocycles. The molecule has 2 aliphatic rings. The molecular formula is C17H25NO2. The summed E-state index contributed by atoms with van der Waals surface area (Å²) in [6, 6.07) is 6.52. The molecule has 2 unspecified atom stereocenters. The number of nitrogens with one attached hydrogen (secondary N) is 1. The Kier molecular flexibility index (Phi) is 4.16. The number of piperidine rings is 1. The van der Waals surface area contributed by atoms with Crippen molar-refractivity contribution >= 4 is 0 Å². The van der Waals surface area contributed by atoms with Crippen LogP contribution in [0.25, 0.3) is 0 Å². The quantitative estimate of drug-likeness (QED) is 0.919. The van der Waals surface area contributed by atoms with E-state index in [4.69, 9.17) is 9.47 Å². The summed E-state index contributed by atoms with van der Waals surface area (Å²) in [7, 11) is 0. The normalized spacial score (nSPS) is 25.8. The van der Waals surface area contributed by atoms with Crippen LogP contribution in [0.3, 0.4) is 0 Å². The van der Waals surface area contributed by atoms with Crippen molar-refractivity contribution in [1.82, 2.24) is 5.32 Å². The lowest BCUT2D eigenvalue weighted by atomic mass is 9.77. The third-order valence-electron chi connectivity index (χ3n) is 4.38. The van der Waals surface area contributed by atoms with Gasteiger partial charge in [-0.15, -0.1) is 0 Å². The maximum Gasteiger partial charge on any atom is 0.161 e.